The van der Waals surface area contributed by atoms with E-state index in [0.717, 1.165) is 11.3 Å². The quantitative estimate of drug-likeness (QED) is 0.792. The molecule has 3 N–H and O–H groups in total. The van der Waals surface area contributed by atoms with Crippen LogP contribution in [0.25, 0.3) is 0 Å². The molecule has 2 aromatic heterocycles. The van der Waals surface area contributed by atoms with Crippen molar-refractivity contribution in [3.63, 3.8) is 0 Å². The summed E-state index contributed by atoms with van der Waals surface area (Å²) in [5, 5.41) is 10.5. The van der Waals surface area contributed by atoms with Crippen LogP contribution in [-0.2, 0) is 13.1 Å². The highest BCUT2D eigenvalue weighted by atomic mass is 16.4. The number of nitrogens with two attached hydrogens (primary N) is 1. The summed E-state index contributed by atoms with van der Waals surface area (Å²) in [4.78, 5) is 4.19. The van der Waals surface area contributed by atoms with Crippen LogP contribution in [0.15, 0.2) is 22.7 Å². The Kier molecular flexibility index (Phi) is 3.11. The Hall–Kier alpha value is -1.95. The van der Waals surface area contributed by atoms with Gasteiger partial charge in [-0.3, -0.25) is 4.98 Å². The van der Waals surface area contributed by atoms with Gasteiger partial charge >= 0.3 is 6.01 Å². The molecule has 0 saturated heterocycles. The first-order chi connectivity index (χ1) is 7.78. The summed E-state index contributed by atoms with van der Waals surface area (Å²) >= 11 is 0. The molecule has 0 atom stereocenters. The minimum Gasteiger partial charge on any atom is -0.407 e. The van der Waals surface area contributed by atoms with Crippen LogP contribution in [0.5, 0.6) is 0 Å². The molecule has 0 radical (unpaired) electrons. The first kappa shape index (κ1) is 10.6. The first-order valence-electron chi connectivity index (χ1n) is 4.96. The van der Waals surface area contributed by atoms with Gasteiger partial charge < -0.3 is 15.5 Å². The second-order valence-electron chi connectivity index (χ2n) is 3.37. The van der Waals surface area contributed by atoms with E-state index in [1.807, 2.05) is 25.3 Å². The maximum Gasteiger partial charge on any atom is 0.315 e. The smallest absolute Gasteiger partial charge is 0.315 e. The van der Waals surface area contributed by atoms with Crippen LogP contribution < -0.4 is 11.1 Å². The molecule has 0 bridgehead atoms. The predicted octanol–water partition coefficient (Wildman–Crippen LogP) is 0.844. The van der Waals surface area contributed by atoms with Gasteiger partial charge in [0.2, 0.25) is 5.89 Å². The van der Waals surface area contributed by atoms with Gasteiger partial charge in [-0.05, 0) is 18.6 Å². The SMILES string of the molecule is Cc1ccc(CNc2nnc(CN)o2)cn1. The maximum absolute atomic E-state index is 5.35. The fraction of sp³-hybridized carbons (Fsp3) is 0.300. The standard InChI is InChI=1S/C10H13N5O/c1-7-2-3-8(5-12-7)6-13-10-15-14-9(4-11)16-10/h2-3,5H,4,6,11H2,1H3,(H,13,15). The zero-order valence-electron chi connectivity index (χ0n) is 8.97. The topological polar surface area (TPSA) is 89.9 Å². The highest BCUT2D eigenvalue weighted by Crippen LogP contribution is 2.07. The molecule has 2 heterocycles. The maximum atomic E-state index is 5.35. The first-order valence-corrected chi connectivity index (χ1v) is 4.96. The van der Waals surface area contributed by atoms with E-state index in [0.29, 0.717) is 18.5 Å². The lowest BCUT2D eigenvalue weighted by molar-refractivity contribution is 0.507. The van der Waals surface area contributed by atoms with Gasteiger partial charge in [-0.1, -0.05) is 11.2 Å². The zero-order valence-corrected chi connectivity index (χ0v) is 8.97. The number of nitrogens with one attached hydrogen (secondary N) is 1. The van der Waals surface area contributed by atoms with Crippen LogP contribution >= 0.6 is 0 Å². The van der Waals surface area contributed by atoms with Crippen LogP contribution in [0.1, 0.15) is 17.1 Å². The van der Waals surface area contributed by atoms with Crippen molar-refractivity contribution < 1.29 is 4.42 Å². The average molecular weight is 219 g/mol. The monoisotopic (exact) mass is 219 g/mol. The summed E-state index contributed by atoms with van der Waals surface area (Å²) in [6.45, 7) is 2.79. The van der Waals surface area contributed by atoms with Crippen molar-refractivity contribution in [3.8, 4) is 0 Å². The Balaban J connectivity index is 1.94. The zero-order chi connectivity index (χ0) is 11.4. The molecule has 84 valence electrons. The van der Waals surface area contributed by atoms with Gasteiger partial charge in [0.05, 0.1) is 6.54 Å². The molecule has 0 unspecified atom stereocenters. The number of aryl methyl sites for hydroxylation is 1. The summed E-state index contributed by atoms with van der Waals surface area (Å²) in [5.41, 5.74) is 7.40. The number of nitrogens with zero attached hydrogens (tertiary/aromatic N) is 3. The van der Waals surface area contributed by atoms with E-state index in [1.165, 1.54) is 0 Å². The lowest BCUT2D eigenvalue weighted by Gasteiger charge is -2.01. The molecule has 2 aromatic rings. The summed E-state index contributed by atoms with van der Waals surface area (Å²) in [6.07, 6.45) is 1.81. The van der Waals surface area contributed by atoms with Gasteiger partial charge in [0.1, 0.15) is 0 Å². The van der Waals surface area contributed by atoms with E-state index in [9.17, 15) is 0 Å². The molecule has 0 aliphatic carbocycles. The van der Waals surface area contributed by atoms with Crippen molar-refractivity contribution in [2.45, 2.75) is 20.0 Å². The lowest BCUT2D eigenvalue weighted by Crippen LogP contribution is -2.00. The van der Waals surface area contributed by atoms with Gasteiger partial charge in [-0.2, -0.15) is 0 Å². The third-order valence-corrected chi connectivity index (χ3v) is 2.06. The van der Waals surface area contributed by atoms with E-state index in [-0.39, 0.29) is 6.54 Å². The molecule has 6 heteroatoms. The van der Waals surface area contributed by atoms with Crippen LogP contribution in [-0.4, -0.2) is 15.2 Å². The van der Waals surface area contributed by atoms with E-state index in [2.05, 4.69) is 20.5 Å². The molecule has 0 fully saturated rings. The largest absolute Gasteiger partial charge is 0.407 e. The Bertz CT molecular complexity index is 450. The van der Waals surface area contributed by atoms with Crippen molar-refractivity contribution in [2.75, 3.05) is 5.32 Å². The summed E-state index contributed by atoms with van der Waals surface area (Å²) in [6, 6.07) is 4.33. The Morgan fingerprint density at radius 2 is 2.25 bits per heavy atom. The third-order valence-electron chi connectivity index (χ3n) is 2.06. The van der Waals surface area contributed by atoms with Gasteiger partial charge in [0.25, 0.3) is 0 Å². The van der Waals surface area contributed by atoms with Crippen LogP contribution in [0.2, 0.25) is 0 Å². The molecule has 16 heavy (non-hydrogen) atoms. The number of rotatable bonds is 4. The molecule has 0 aliphatic rings. The normalized spacial score (nSPS) is 10.4. The Morgan fingerprint density at radius 3 is 2.88 bits per heavy atom. The fourth-order valence-electron chi connectivity index (χ4n) is 1.19. The highest BCUT2D eigenvalue weighted by Gasteiger charge is 2.03. The van der Waals surface area contributed by atoms with Crippen molar-refractivity contribution in [3.05, 3.63) is 35.5 Å². The van der Waals surface area contributed by atoms with Gasteiger partial charge in [0.15, 0.2) is 0 Å². The Morgan fingerprint density at radius 1 is 1.38 bits per heavy atom. The molecule has 0 aliphatic heterocycles. The number of pyridine rings is 1. The molecular formula is C10H13N5O. The molecule has 6 nitrogen and oxygen atoms in total. The predicted molar refractivity (Wildman–Crippen MR) is 58.5 cm³/mol. The van der Waals surface area contributed by atoms with Crippen LogP contribution in [0.3, 0.4) is 0 Å². The molecular weight excluding hydrogens is 206 g/mol. The van der Waals surface area contributed by atoms with E-state index < -0.39 is 0 Å². The van der Waals surface area contributed by atoms with E-state index >= 15 is 0 Å². The molecule has 0 aromatic carbocycles. The van der Waals surface area contributed by atoms with Gasteiger partial charge in [0, 0.05) is 18.4 Å². The third kappa shape index (κ3) is 2.54. The second-order valence-corrected chi connectivity index (χ2v) is 3.37. The molecule has 0 saturated carbocycles. The Labute approximate surface area is 92.9 Å². The van der Waals surface area contributed by atoms with Crippen LogP contribution in [0, 0.1) is 6.92 Å². The molecule has 2 rings (SSSR count). The van der Waals surface area contributed by atoms with E-state index in [1.54, 1.807) is 0 Å². The van der Waals surface area contributed by atoms with Gasteiger partial charge in [-0.25, -0.2) is 0 Å². The van der Waals surface area contributed by atoms with E-state index in [4.69, 9.17) is 10.2 Å². The lowest BCUT2D eigenvalue weighted by atomic mass is 10.2. The fourth-order valence-corrected chi connectivity index (χ4v) is 1.19. The van der Waals surface area contributed by atoms with Crippen molar-refractivity contribution in [1.82, 2.24) is 15.2 Å². The summed E-state index contributed by atoms with van der Waals surface area (Å²) < 4.78 is 5.20. The molecule has 0 amide bonds. The number of aromatic nitrogens is 3. The van der Waals surface area contributed by atoms with Crippen LogP contribution in [0.4, 0.5) is 6.01 Å². The van der Waals surface area contributed by atoms with Gasteiger partial charge in [-0.15, -0.1) is 5.10 Å². The van der Waals surface area contributed by atoms with Crippen molar-refractivity contribution in [2.24, 2.45) is 5.73 Å². The number of anilines is 1. The summed E-state index contributed by atoms with van der Waals surface area (Å²) in [5.74, 6) is 0.421. The highest BCUT2D eigenvalue weighted by molar-refractivity contribution is 5.22. The molecule has 0 spiro atoms. The summed E-state index contributed by atoms with van der Waals surface area (Å²) in [7, 11) is 0. The second kappa shape index (κ2) is 4.71. The number of hydrogen-bond donors (Lipinski definition) is 2. The van der Waals surface area contributed by atoms with Crippen molar-refractivity contribution in [1.29, 1.82) is 0 Å². The minimum absolute atomic E-state index is 0.251. The average Bonchev–Trinajstić information content (AvgIpc) is 2.76. The van der Waals surface area contributed by atoms with Crippen molar-refractivity contribution >= 4 is 6.01 Å². The minimum atomic E-state index is 0.251. The number of hydrogen-bond acceptors (Lipinski definition) is 6.